The van der Waals surface area contributed by atoms with E-state index >= 15 is 0 Å². The molecule has 0 aliphatic rings. The molecular weight excluding hydrogens is 276 g/mol. The van der Waals surface area contributed by atoms with E-state index in [1.54, 1.807) is 0 Å². The highest BCUT2D eigenvalue weighted by Crippen LogP contribution is 2.26. The fourth-order valence-electron chi connectivity index (χ4n) is 2.29. The lowest BCUT2D eigenvalue weighted by molar-refractivity contribution is -0.137. The van der Waals surface area contributed by atoms with Gasteiger partial charge in [-0.1, -0.05) is 54.6 Å². The second-order valence-electron chi connectivity index (χ2n) is 5.14. The molecule has 0 saturated carbocycles. The highest BCUT2D eigenvalue weighted by Gasteiger charge is 2.07. The lowest BCUT2D eigenvalue weighted by Crippen LogP contribution is -2.05. The molecule has 0 atom stereocenters. The minimum atomic E-state index is -0.421. The Kier molecular flexibility index (Phi) is 5.50. The SMILES string of the molecule is C=CC(=O)OCCc1cc(CO)ccc1-c1ccc(C)cc1. The summed E-state index contributed by atoms with van der Waals surface area (Å²) in [6.07, 6.45) is 1.75. The molecule has 22 heavy (non-hydrogen) atoms. The van der Waals surface area contributed by atoms with Gasteiger partial charge in [-0.05, 0) is 29.2 Å². The number of ether oxygens (including phenoxy) is 1. The second kappa shape index (κ2) is 7.57. The van der Waals surface area contributed by atoms with Crippen molar-refractivity contribution in [3.05, 3.63) is 71.8 Å². The lowest BCUT2D eigenvalue weighted by atomic mass is 9.95. The molecule has 2 aromatic rings. The largest absolute Gasteiger partial charge is 0.462 e. The van der Waals surface area contributed by atoms with Crippen molar-refractivity contribution in [2.24, 2.45) is 0 Å². The third-order valence-corrected chi connectivity index (χ3v) is 3.50. The predicted octanol–water partition coefficient (Wildman–Crippen LogP) is 3.43. The summed E-state index contributed by atoms with van der Waals surface area (Å²) >= 11 is 0. The fourth-order valence-corrected chi connectivity index (χ4v) is 2.29. The first kappa shape index (κ1) is 16.0. The molecule has 3 heteroatoms. The number of rotatable bonds is 6. The van der Waals surface area contributed by atoms with Crippen molar-refractivity contribution in [1.82, 2.24) is 0 Å². The fraction of sp³-hybridized carbons (Fsp3) is 0.211. The Balaban J connectivity index is 2.26. The first-order valence-corrected chi connectivity index (χ1v) is 7.23. The highest BCUT2D eigenvalue weighted by atomic mass is 16.5. The zero-order chi connectivity index (χ0) is 15.9. The summed E-state index contributed by atoms with van der Waals surface area (Å²) in [6, 6.07) is 14.1. The third-order valence-electron chi connectivity index (χ3n) is 3.50. The van der Waals surface area contributed by atoms with Crippen molar-refractivity contribution >= 4 is 5.97 Å². The van der Waals surface area contributed by atoms with Crippen molar-refractivity contribution in [1.29, 1.82) is 0 Å². The maximum absolute atomic E-state index is 11.1. The Morgan fingerprint density at radius 1 is 1.23 bits per heavy atom. The van der Waals surface area contributed by atoms with Crippen molar-refractivity contribution in [2.45, 2.75) is 20.0 Å². The number of carbonyl (C=O) groups is 1. The summed E-state index contributed by atoms with van der Waals surface area (Å²) in [7, 11) is 0. The first-order chi connectivity index (χ1) is 10.6. The van der Waals surface area contributed by atoms with Crippen LogP contribution in [0.1, 0.15) is 16.7 Å². The normalized spacial score (nSPS) is 10.3. The van der Waals surface area contributed by atoms with Gasteiger partial charge in [-0.3, -0.25) is 0 Å². The number of hydrogen-bond donors (Lipinski definition) is 1. The van der Waals surface area contributed by atoms with Gasteiger partial charge in [0.05, 0.1) is 13.2 Å². The molecule has 1 N–H and O–H groups in total. The molecule has 114 valence electrons. The molecule has 0 heterocycles. The summed E-state index contributed by atoms with van der Waals surface area (Å²) < 4.78 is 5.06. The number of hydrogen-bond acceptors (Lipinski definition) is 3. The van der Waals surface area contributed by atoms with E-state index in [0.29, 0.717) is 13.0 Å². The molecule has 0 unspecified atom stereocenters. The molecule has 0 aliphatic carbocycles. The molecule has 2 aromatic carbocycles. The van der Waals surface area contributed by atoms with Crippen LogP contribution in [0.2, 0.25) is 0 Å². The Hall–Kier alpha value is -2.39. The van der Waals surface area contributed by atoms with Gasteiger partial charge in [0.15, 0.2) is 0 Å². The zero-order valence-corrected chi connectivity index (χ0v) is 12.7. The standard InChI is InChI=1S/C19H20O3/c1-3-19(21)22-11-10-17-12-15(13-20)6-9-18(17)16-7-4-14(2)5-8-16/h3-9,12,20H,1,10-11,13H2,2H3. The van der Waals surface area contributed by atoms with Crippen LogP contribution in [0, 0.1) is 6.92 Å². The number of aliphatic hydroxyl groups is 1. The molecule has 0 amide bonds. The van der Waals surface area contributed by atoms with Crippen LogP contribution in [0.15, 0.2) is 55.1 Å². The molecule has 3 nitrogen and oxygen atoms in total. The number of carbonyl (C=O) groups excluding carboxylic acids is 1. The highest BCUT2D eigenvalue weighted by molar-refractivity contribution is 5.81. The summed E-state index contributed by atoms with van der Waals surface area (Å²) in [6.45, 7) is 5.71. The van der Waals surface area contributed by atoms with Crippen LogP contribution >= 0.6 is 0 Å². The van der Waals surface area contributed by atoms with E-state index in [-0.39, 0.29) is 6.61 Å². The number of esters is 1. The van der Waals surface area contributed by atoms with E-state index in [2.05, 4.69) is 30.8 Å². The Morgan fingerprint density at radius 3 is 2.59 bits per heavy atom. The van der Waals surface area contributed by atoms with Crippen molar-refractivity contribution in [2.75, 3.05) is 6.61 Å². The lowest BCUT2D eigenvalue weighted by Gasteiger charge is -2.12. The quantitative estimate of drug-likeness (QED) is 0.656. The van der Waals surface area contributed by atoms with E-state index in [1.165, 1.54) is 5.56 Å². The molecule has 0 spiro atoms. The second-order valence-corrected chi connectivity index (χ2v) is 5.14. The minimum Gasteiger partial charge on any atom is -0.462 e. The zero-order valence-electron chi connectivity index (χ0n) is 12.7. The van der Waals surface area contributed by atoms with E-state index < -0.39 is 5.97 Å². The Labute approximate surface area is 130 Å². The van der Waals surface area contributed by atoms with Crippen molar-refractivity contribution in [3.8, 4) is 11.1 Å². The number of benzene rings is 2. The van der Waals surface area contributed by atoms with Crippen LogP contribution in [-0.2, 0) is 22.6 Å². The molecule has 0 aromatic heterocycles. The third kappa shape index (κ3) is 4.06. The predicted molar refractivity (Wildman–Crippen MR) is 87.4 cm³/mol. The molecule has 0 saturated heterocycles. The van der Waals surface area contributed by atoms with E-state index in [9.17, 15) is 9.90 Å². The molecule has 0 radical (unpaired) electrons. The van der Waals surface area contributed by atoms with E-state index in [0.717, 1.165) is 28.3 Å². The molecular formula is C19H20O3. The van der Waals surface area contributed by atoms with Gasteiger partial charge in [-0.25, -0.2) is 4.79 Å². The van der Waals surface area contributed by atoms with Gasteiger partial charge in [0.1, 0.15) is 0 Å². The van der Waals surface area contributed by atoms with Crippen LogP contribution in [0.5, 0.6) is 0 Å². The van der Waals surface area contributed by atoms with Crippen molar-refractivity contribution < 1.29 is 14.6 Å². The average Bonchev–Trinajstić information content (AvgIpc) is 2.55. The van der Waals surface area contributed by atoms with Gasteiger partial charge in [0, 0.05) is 12.5 Å². The van der Waals surface area contributed by atoms with Gasteiger partial charge in [-0.2, -0.15) is 0 Å². The summed E-state index contributed by atoms with van der Waals surface area (Å²) in [5.74, 6) is -0.421. The van der Waals surface area contributed by atoms with Crippen LogP contribution in [0.25, 0.3) is 11.1 Å². The van der Waals surface area contributed by atoms with Crippen LogP contribution in [-0.4, -0.2) is 17.7 Å². The maximum atomic E-state index is 11.1. The maximum Gasteiger partial charge on any atom is 0.330 e. The Bertz CT molecular complexity index is 657. The minimum absolute atomic E-state index is 0.00633. The van der Waals surface area contributed by atoms with E-state index in [4.69, 9.17) is 4.74 Å². The monoisotopic (exact) mass is 296 g/mol. The van der Waals surface area contributed by atoms with Crippen LogP contribution in [0.3, 0.4) is 0 Å². The Morgan fingerprint density at radius 2 is 1.95 bits per heavy atom. The smallest absolute Gasteiger partial charge is 0.330 e. The van der Waals surface area contributed by atoms with Gasteiger partial charge in [0.25, 0.3) is 0 Å². The average molecular weight is 296 g/mol. The molecule has 2 rings (SSSR count). The van der Waals surface area contributed by atoms with E-state index in [1.807, 2.05) is 25.1 Å². The number of aliphatic hydroxyl groups excluding tert-OH is 1. The van der Waals surface area contributed by atoms with Crippen LogP contribution < -0.4 is 0 Å². The summed E-state index contributed by atoms with van der Waals surface area (Å²) in [5, 5.41) is 9.31. The van der Waals surface area contributed by atoms with Gasteiger partial charge >= 0.3 is 5.97 Å². The summed E-state index contributed by atoms with van der Waals surface area (Å²) in [5.41, 5.74) is 5.30. The first-order valence-electron chi connectivity index (χ1n) is 7.23. The molecule has 0 fully saturated rings. The summed E-state index contributed by atoms with van der Waals surface area (Å²) in [4.78, 5) is 11.1. The van der Waals surface area contributed by atoms with Gasteiger partial charge in [0.2, 0.25) is 0 Å². The van der Waals surface area contributed by atoms with Gasteiger partial charge in [-0.15, -0.1) is 0 Å². The van der Waals surface area contributed by atoms with Crippen LogP contribution in [0.4, 0.5) is 0 Å². The van der Waals surface area contributed by atoms with Crippen molar-refractivity contribution in [3.63, 3.8) is 0 Å². The molecule has 0 bridgehead atoms. The topological polar surface area (TPSA) is 46.5 Å². The number of aryl methyl sites for hydroxylation is 1. The molecule has 0 aliphatic heterocycles. The van der Waals surface area contributed by atoms with Gasteiger partial charge < -0.3 is 9.84 Å².